The van der Waals surface area contributed by atoms with Gasteiger partial charge in [0.1, 0.15) is 0 Å². The van der Waals surface area contributed by atoms with Gasteiger partial charge in [0.05, 0.1) is 0 Å². The van der Waals surface area contributed by atoms with Crippen molar-refractivity contribution in [3.63, 3.8) is 0 Å². The molecule has 0 aliphatic heterocycles. The van der Waals surface area contributed by atoms with Crippen LogP contribution in [-0.4, -0.2) is 113 Å². The molecule has 4 N–H and O–H groups in total. The third-order valence-electron chi connectivity index (χ3n) is 1.99. The van der Waals surface area contributed by atoms with Crippen molar-refractivity contribution in [3.05, 3.63) is 0 Å². The molecule has 134 valence electrons. The molecule has 0 saturated heterocycles. The van der Waals surface area contributed by atoms with Gasteiger partial charge < -0.3 is 30.6 Å². The van der Waals surface area contributed by atoms with E-state index in [-0.39, 0.29) is 45.1 Å². The molecule has 0 rings (SSSR count). The Labute approximate surface area is 147 Å². The fourth-order valence-electron chi connectivity index (χ4n) is 0.800. The van der Waals surface area contributed by atoms with Crippen molar-refractivity contribution in [2.24, 2.45) is 0 Å². The summed E-state index contributed by atoms with van der Waals surface area (Å²) in [6, 6.07) is 0. The number of hydrogen-bond acceptors (Lipinski definition) is 4. The van der Waals surface area contributed by atoms with Crippen molar-refractivity contribution in [2.75, 3.05) is 82.6 Å². The molecule has 0 atom stereocenters. The fraction of sp³-hybridized carbons (Fsp3) is 1.00. The molecule has 0 bridgehead atoms. The summed E-state index contributed by atoms with van der Waals surface area (Å²) in [5, 5.41) is 0. The van der Waals surface area contributed by atoms with E-state index in [0.717, 1.165) is 26.2 Å². The minimum atomic E-state index is 0. The summed E-state index contributed by atoms with van der Waals surface area (Å²) in [6.07, 6.45) is 0. The van der Waals surface area contributed by atoms with Gasteiger partial charge in [-0.25, -0.2) is 0 Å². The Morgan fingerprint density at radius 1 is 0.400 bits per heavy atom. The van der Waals surface area contributed by atoms with Crippen LogP contribution in [0.4, 0.5) is 0 Å². The van der Waals surface area contributed by atoms with Crippen molar-refractivity contribution in [2.45, 2.75) is 0 Å². The van der Waals surface area contributed by atoms with Crippen LogP contribution in [0.1, 0.15) is 0 Å². The van der Waals surface area contributed by atoms with Gasteiger partial charge in [-0.2, -0.15) is 0 Å². The first-order valence-corrected chi connectivity index (χ1v) is 5.84. The number of nitrogens with zero attached hydrogens (tertiary/aromatic N) is 4. The normalized spacial score (nSPS) is 9.00. The summed E-state index contributed by atoms with van der Waals surface area (Å²) >= 11 is 0. The van der Waals surface area contributed by atoms with E-state index in [4.69, 9.17) is 0 Å². The van der Waals surface area contributed by atoms with Gasteiger partial charge in [0.25, 0.3) is 0 Å². The van der Waals surface area contributed by atoms with E-state index in [1.165, 1.54) is 0 Å². The van der Waals surface area contributed by atoms with Gasteiger partial charge in [-0.1, -0.05) is 0 Å². The number of hydrogen-bond donors (Lipinski definition) is 0. The maximum Gasteiger partial charge on any atom is 2.00 e. The zero-order valence-electron chi connectivity index (χ0n) is 14.2. The van der Waals surface area contributed by atoms with Crippen LogP contribution in [0.25, 0.3) is 0 Å². The van der Waals surface area contributed by atoms with Gasteiger partial charge in [0.2, 0.25) is 0 Å². The SMILES string of the molecule is CN(C)CCN(C)C.CN(C)CCN(C)C.O.O.[Cu+2].[Cu+2]. The first-order valence-electron chi connectivity index (χ1n) is 5.84. The van der Waals surface area contributed by atoms with E-state index < -0.39 is 0 Å². The van der Waals surface area contributed by atoms with E-state index in [0.29, 0.717) is 0 Å². The number of rotatable bonds is 6. The van der Waals surface area contributed by atoms with Crippen molar-refractivity contribution in [1.82, 2.24) is 19.6 Å². The molecular formula is C12H36Cu2N4O2+4. The molecule has 0 aliphatic carbocycles. The van der Waals surface area contributed by atoms with Crippen LogP contribution >= 0.6 is 0 Å². The standard InChI is InChI=1S/2C6H16N2.2Cu.2H2O/c2*1-7(2)5-6-8(3)4;;;;/h2*5-6H2,1-4H3;;;2*1H2/q;;2*+2;;. The minimum absolute atomic E-state index is 0. The van der Waals surface area contributed by atoms with Crippen molar-refractivity contribution in [3.8, 4) is 0 Å². The summed E-state index contributed by atoms with van der Waals surface area (Å²) in [5.41, 5.74) is 0. The summed E-state index contributed by atoms with van der Waals surface area (Å²) in [6.45, 7) is 4.58. The van der Waals surface area contributed by atoms with Gasteiger partial charge >= 0.3 is 34.1 Å². The number of likely N-dealkylation sites (N-methyl/N-ethyl adjacent to an activating group) is 4. The van der Waals surface area contributed by atoms with Gasteiger partial charge in [0, 0.05) is 26.2 Å². The third-order valence-corrected chi connectivity index (χ3v) is 1.99. The topological polar surface area (TPSA) is 76.0 Å². The molecule has 20 heavy (non-hydrogen) atoms. The molecule has 6 nitrogen and oxygen atoms in total. The average Bonchev–Trinajstić information content (AvgIpc) is 2.12. The Kier molecular flexibility index (Phi) is 46.2. The van der Waals surface area contributed by atoms with Gasteiger partial charge in [-0.15, -0.1) is 0 Å². The van der Waals surface area contributed by atoms with Crippen LogP contribution in [0.2, 0.25) is 0 Å². The smallest absolute Gasteiger partial charge is 0.412 e. The summed E-state index contributed by atoms with van der Waals surface area (Å²) < 4.78 is 0. The molecule has 8 heteroatoms. The second kappa shape index (κ2) is 24.8. The summed E-state index contributed by atoms with van der Waals surface area (Å²) in [5.74, 6) is 0. The molecule has 0 saturated carbocycles. The molecule has 0 aliphatic rings. The van der Waals surface area contributed by atoms with Crippen LogP contribution in [-0.2, 0) is 34.1 Å². The Bertz CT molecular complexity index is 119. The monoisotopic (exact) mass is 394 g/mol. The quantitative estimate of drug-likeness (QED) is 0.517. The molecule has 0 amide bonds. The first kappa shape index (κ1) is 37.2. The minimum Gasteiger partial charge on any atom is -0.412 e. The molecule has 0 aromatic carbocycles. The summed E-state index contributed by atoms with van der Waals surface area (Å²) in [4.78, 5) is 8.72. The van der Waals surface area contributed by atoms with E-state index in [1.54, 1.807) is 0 Å². The Balaban J connectivity index is -0.0000000408. The van der Waals surface area contributed by atoms with Crippen LogP contribution in [0.5, 0.6) is 0 Å². The molecule has 0 aromatic rings. The molecule has 0 unspecified atom stereocenters. The van der Waals surface area contributed by atoms with Gasteiger partial charge in [-0.05, 0) is 56.4 Å². The second-order valence-electron chi connectivity index (χ2n) is 5.21. The predicted molar refractivity (Wildman–Crippen MR) is 81.4 cm³/mol. The van der Waals surface area contributed by atoms with E-state index in [2.05, 4.69) is 76.0 Å². The van der Waals surface area contributed by atoms with E-state index >= 15 is 0 Å². The molecule has 0 aromatic heterocycles. The molecule has 2 radical (unpaired) electrons. The maximum atomic E-state index is 2.18. The van der Waals surface area contributed by atoms with Crippen molar-refractivity contribution in [1.29, 1.82) is 0 Å². The Morgan fingerprint density at radius 2 is 0.500 bits per heavy atom. The predicted octanol–water partition coefficient (Wildman–Crippen LogP) is -1.44. The van der Waals surface area contributed by atoms with Gasteiger partial charge in [-0.3, -0.25) is 0 Å². The van der Waals surface area contributed by atoms with Gasteiger partial charge in [0.15, 0.2) is 0 Å². The zero-order valence-corrected chi connectivity index (χ0v) is 16.1. The molecular weight excluding hydrogens is 359 g/mol. The van der Waals surface area contributed by atoms with Crippen LogP contribution in [0.15, 0.2) is 0 Å². The zero-order chi connectivity index (χ0) is 13.1. The van der Waals surface area contributed by atoms with Crippen molar-refractivity contribution < 1.29 is 45.1 Å². The largest absolute Gasteiger partial charge is 2.00 e. The van der Waals surface area contributed by atoms with Crippen molar-refractivity contribution >= 4 is 0 Å². The Hall–Kier alpha value is 0.799. The van der Waals surface area contributed by atoms with E-state index in [1.807, 2.05) is 0 Å². The molecule has 0 spiro atoms. The average molecular weight is 396 g/mol. The Morgan fingerprint density at radius 3 is 0.550 bits per heavy atom. The molecule has 0 fully saturated rings. The fourth-order valence-corrected chi connectivity index (χ4v) is 0.800. The maximum absolute atomic E-state index is 2.18. The molecule has 0 heterocycles. The van der Waals surface area contributed by atoms with Crippen LogP contribution in [0.3, 0.4) is 0 Å². The van der Waals surface area contributed by atoms with Crippen LogP contribution in [0, 0.1) is 0 Å². The van der Waals surface area contributed by atoms with Crippen LogP contribution < -0.4 is 0 Å². The van der Waals surface area contributed by atoms with E-state index in [9.17, 15) is 0 Å². The second-order valence-corrected chi connectivity index (χ2v) is 5.21. The third kappa shape index (κ3) is 51.1. The first-order chi connectivity index (χ1) is 7.25. The summed E-state index contributed by atoms with van der Waals surface area (Å²) in [7, 11) is 16.7.